The fraction of sp³-hybridized carbons (Fsp3) is 0.375. The van der Waals surface area contributed by atoms with E-state index >= 15 is 0 Å². The smallest absolute Gasteiger partial charge is 0.387 e. The summed E-state index contributed by atoms with van der Waals surface area (Å²) in [7, 11) is 0. The van der Waals surface area contributed by atoms with E-state index in [1.165, 1.54) is 18.3 Å². The lowest BCUT2D eigenvalue weighted by Crippen LogP contribution is -2.12. The third-order valence-corrected chi connectivity index (χ3v) is 4.63. The molecule has 1 aliphatic rings. The molecule has 1 aromatic carbocycles. The van der Waals surface area contributed by atoms with Crippen LogP contribution in [0.1, 0.15) is 25.3 Å². The Morgan fingerprint density at radius 3 is 2.68 bits per heavy atom. The summed E-state index contributed by atoms with van der Waals surface area (Å²) >= 11 is 6.23. The van der Waals surface area contributed by atoms with E-state index in [1.807, 2.05) is 0 Å². The number of carbonyl (C=O) groups is 1. The SMILES string of the molecule is CCOC(=O)C(C=NC1CC1)=C(O)c1ccc(Br)c(OC(F)F)c1Br. The maximum Gasteiger partial charge on any atom is 0.387 e. The number of ether oxygens (including phenoxy) is 2. The number of rotatable bonds is 7. The Morgan fingerprint density at radius 1 is 1.44 bits per heavy atom. The minimum atomic E-state index is -3.05. The van der Waals surface area contributed by atoms with Gasteiger partial charge in [-0.05, 0) is 63.8 Å². The molecule has 0 amide bonds. The summed E-state index contributed by atoms with van der Waals surface area (Å²) in [5.74, 6) is -1.39. The van der Waals surface area contributed by atoms with E-state index in [0.717, 1.165) is 12.8 Å². The molecule has 2 rings (SSSR count). The second-order valence-electron chi connectivity index (χ2n) is 5.11. The summed E-state index contributed by atoms with van der Waals surface area (Å²) < 4.78 is 34.9. The summed E-state index contributed by atoms with van der Waals surface area (Å²) in [6.45, 7) is -1.29. The Kier molecular flexibility index (Phi) is 6.95. The van der Waals surface area contributed by atoms with Crippen LogP contribution in [0, 0.1) is 0 Å². The van der Waals surface area contributed by atoms with Gasteiger partial charge in [0.1, 0.15) is 11.3 Å². The Hall–Kier alpha value is -1.48. The Labute approximate surface area is 160 Å². The number of aliphatic imine (C=N–C) groups is 1. The number of alkyl halides is 2. The van der Waals surface area contributed by atoms with E-state index in [0.29, 0.717) is 0 Å². The molecular weight excluding hydrogens is 468 g/mol. The molecule has 1 aromatic rings. The molecule has 1 saturated carbocycles. The Bertz CT molecular complexity index is 718. The number of nitrogens with zero attached hydrogens (tertiary/aromatic N) is 1. The van der Waals surface area contributed by atoms with Gasteiger partial charge >= 0.3 is 12.6 Å². The molecule has 0 aromatic heterocycles. The van der Waals surface area contributed by atoms with Crippen molar-refractivity contribution >= 4 is 49.8 Å². The van der Waals surface area contributed by atoms with Crippen molar-refractivity contribution in [3.8, 4) is 5.75 Å². The molecule has 0 heterocycles. The van der Waals surface area contributed by atoms with Gasteiger partial charge in [0.25, 0.3) is 0 Å². The van der Waals surface area contributed by atoms with Crippen LogP contribution in [-0.4, -0.2) is 36.6 Å². The van der Waals surface area contributed by atoms with Crippen LogP contribution in [0.4, 0.5) is 8.78 Å². The third-order valence-electron chi connectivity index (χ3n) is 3.22. The van der Waals surface area contributed by atoms with Crippen molar-refractivity contribution in [2.45, 2.75) is 32.4 Å². The normalized spacial score (nSPS) is 15.4. The fourth-order valence-corrected chi connectivity index (χ4v) is 3.20. The van der Waals surface area contributed by atoms with E-state index in [4.69, 9.17) is 4.74 Å². The van der Waals surface area contributed by atoms with Crippen LogP contribution < -0.4 is 4.74 Å². The van der Waals surface area contributed by atoms with E-state index in [1.54, 1.807) is 6.92 Å². The quantitative estimate of drug-likeness (QED) is 0.260. The van der Waals surface area contributed by atoms with Crippen LogP contribution in [0.2, 0.25) is 0 Å². The molecule has 1 N–H and O–H groups in total. The summed E-state index contributed by atoms with van der Waals surface area (Å²) in [6, 6.07) is 3.00. The van der Waals surface area contributed by atoms with Gasteiger partial charge in [0.15, 0.2) is 5.75 Å². The number of carbonyl (C=O) groups excluding carboxylic acids is 1. The van der Waals surface area contributed by atoms with Gasteiger partial charge in [-0.2, -0.15) is 8.78 Å². The van der Waals surface area contributed by atoms with Crippen molar-refractivity contribution in [2.75, 3.05) is 6.61 Å². The van der Waals surface area contributed by atoms with Crippen LogP contribution in [-0.2, 0) is 9.53 Å². The van der Waals surface area contributed by atoms with Gasteiger partial charge in [-0.1, -0.05) is 0 Å². The number of hydrogen-bond donors (Lipinski definition) is 1. The highest BCUT2D eigenvalue weighted by Gasteiger charge is 2.24. The van der Waals surface area contributed by atoms with Gasteiger partial charge in [0, 0.05) is 11.8 Å². The minimum Gasteiger partial charge on any atom is -0.506 e. The van der Waals surface area contributed by atoms with Crippen LogP contribution >= 0.6 is 31.9 Å². The molecule has 5 nitrogen and oxygen atoms in total. The van der Waals surface area contributed by atoms with Gasteiger partial charge < -0.3 is 14.6 Å². The van der Waals surface area contributed by atoms with Crippen LogP contribution in [0.5, 0.6) is 5.75 Å². The summed E-state index contributed by atoms with van der Waals surface area (Å²) in [5, 5.41) is 10.5. The molecule has 136 valence electrons. The van der Waals surface area contributed by atoms with E-state index in [-0.39, 0.29) is 38.5 Å². The van der Waals surface area contributed by atoms with Crippen molar-refractivity contribution in [1.29, 1.82) is 0 Å². The molecule has 0 radical (unpaired) electrons. The highest BCUT2D eigenvalue weighted by molar-refractivity contribution is 9.11. The van der Waals surface area contributed by atoms with Gasteiger partial charge in [-0.25, -0.2) is 4.79 Å². The van der Waals surface area contributed by atoms with Gasteiger partial charge in [0.2, 0.25) is 0 Å². The van der Waals surface area contributed by atoms with Gasteiger partial charge in [-0.3, -0.25) is 4.99 Å². The van der Waals surface area contributed by atoms with Gasteiger partial charge in [-0.15, -0.1) is 0 Å². The van der Waals surface area contributed by atoms with Crippen LogP contribution in [0.25, 0.3) is 5.76 Å². The third kappa shape index (κ3) is 5.24. The fourth-order valence-electron chi connectivity index (χ4n) is 1.88. The lowest BCUT2D eigenvalue weighted by atomic mass is 10.1. The molecule has 0 saturated heterocycles. The standard InChI is InChI=1S/C16H15Br2F2NO4/c1-2-24-15(23)10(7-21-8-3-4-8)13(22)9-5-6-11(17)14(12(9)18)25-16(19)20/h5-8,16,22H,2-4H2,1H3. The second kappa shape index (κ2) is 8.75. The average molecular weight is 483 g/mol. The number of aliphatic hydroxyl groups excluding tert-OH is 1. The molecule has 0 unspecified atom stereocenters. The molecular formula is C16H15Br2F2NO4. The molecule has 1 fully saturated rings. The lowest BCUT2D eigenvalue weighted by Gasteiger charge is -2.14. The zero-order valence-electron chi connectivity index (χ0n) is 13.1. The number of hydrogen-bond acceptors (Lipinski definition) is 5. The maximum atomic E-state index is 12.6. The predicted octanol–water partition coefficient (Wildman–Crippen LogP) is 4.88. The predicted molar refractivity (Wildman–Crippen MR) is 96.2 cm³/mol. The van der Waals surface area contributed by atoms with E-state index < -0.39 is 18.3 Å². The first-order chi connectivity index (χ1) is 11.8. The molecule has 0 atom stereocenters. The first-order valence-electron chi connectivity index (χ1n) is 7.41. The first-order valence-corrected chi connectivity index (χ1v) is 9.00. The molecule has 1 aliphatic carbocycles. The zero-order valence-corrected chi connectivity index (χ0v) is 16.3. The lowest BCUT2D eigenvalue weighted by molar-refractivity contribution is -0.137. The Balaban J connectivity index is 2.50. The molecule has 0 spiro atoms. The van der Waals surface area contributed by atoms with Crippen molar-refractivity contribution in [2.24, 2.45) is 4.99 Å². The van der Waals surface area contributed by atoms with Gasteiger partial charge in [0.05, 0.1) is 21.6 Å². The zero-order chi connectivity index (χ0) is 18.6. The molecule has 25 heavy (non-hydrogen) atoms. The summed E-state index contributed by atoms with van der Waals surface area (Å²) in [5.41, 5.74) is -0.0519. The highest BCUT2D eigenvalue weighted by atomic mass is 79.9. The first kappa shape index (κ1) is 19.8. The summed E-state index contributed by atoms with van der Waals surface area (Å²) in [4.78, 5) is 16.3. The topological polar surface area (TPSA) is 68.1 Å². The molecule has 0 bridgehead atoms. The average Bonchev–Trinajstić information content (AvgIpc) is 3.36. The van der Waals surface area contributed by atoms with Crippen molar-refractivity contribution in [3.05, 3.63) is 32.2 Å². The van der Waals surface area contributed by atoms with Crippen LogP contribution in [0.15, 0.2) is 31.6 Å². The van der Waals surface area contributed by atoms with E-state index in [9.17, 15) is 18.7 Å². The number of benzene rings is 1. The number of halogens is 4. The molecule has 0 aliphatic heterocycles. The second-order valence-corrected chi connectivity index (χ2v) is 6.76. The van der Waals surface area contributed by atoms with Crippen molar-refractivity contribution in [3.63, 3.8) is 0 Å². The number of esters is 1. The number of aliphatic hydroxyl groups is 1. The highest BCUT2D eigenvalue weighted by Crippen LogP contribution is 2.39. The largest absolute Gasteiger partial charge is 0.506 e. The molecule has 9 heteroatoms. The van der Waals surface area contributed by atoms with Crippen LogP contribution in [0.3, 0.4) is 0 Å². The minimum absolute atomic E-state index is 0.0706. The Morgan fingerprint density at radius 2 is 2.12 bits per heavy atom. The van der Waals surface area contributed by atoms with Crippen molar-refractivity contribution < 1.29 is 28.2 Å². The summed E-state index contributed by atoms with van der Waals surface area (Å²) in [6.07, 6.45) is 3.09. The van der Waals surface area contributed by atoms with E-state index in [2.05, 4.69) is 41.6 Å². The maximum absolute atomic E-state index is 12.6. The van der Waals surface area contributed by atoms with Crippen molar-refractivity contribution in [1.82, 2.24) is 0 Å². The monoisotopic (exact) mass is 481 g/mol.